The van der Waals surface area contributed by atoms with E-state index in [1.54, 1.807) is 0 Å². The summed E-state index contributed by atoms with van der Waals surface area (Å²) < 4.78 is 0.965. The van der Waals surface area contributed by atoms with Crippen molar-refractivity contribution in [3.8, 4) is 0 Å². The highest BCUT2D eigenvalue weighted by molar-refractivity contribution is 7.10. The monoisotopic (exact) mass is 395 g/mol. The van der Waals surface area contributed by atoms with Gasteiger partial charge in [-0.1, -0.05) is 101 Å². The Morgan fingerprint density at radius 1 is 0.600 bits per heavy atom. The van der Waals surface area contributed by atoms with Crippen molar-refractivity contribution in [3.05, 3.63) is 101 Å². The number of hydrogen-bond acceptors (Lipinski definition) is 0. The van der Waals surface area contributed by atoms with Crippen molar-refractivity contribution >= 4 is 22.7 Å². The Morgan fingerprint density at radius 3 is 1.43 bits per heavy atom. The van der Waals surface area contributed by atoms with Crippen molar-refractivity contribution in [3.63, 3.8) is 0 Å². The average molecular weight is 395 g/mol. The zero-order valence-electron chi connectivity index (χ0n) is 19.4. The minimum absolute atomic E-state index is 0.965. The van der Waals surface area contributed by atoms with Crippen LogP contribution in [0.5, 0.6) is 0 Å². The second kappa shape index (κ2) is 7.59. The van der Waals surface area contributed by atoms with Crippen LogP contribution in [0.4, 0.5) is 0 Å². The maximum atomic E-state index is 2.43. The van der Waals surface area contributed by atoms with E-state index in [4.69, 9.17) is 0 Å². The van der Waals surface area contributed by atoms with Crippen LogP contribution in [0.1, 0.15) is 35.6 Å². The normalized spacial score (nSPS) is 17.8. The van der Waals surface area contributed by atoms with Gasteiger partial charge in [0.05, 0.1) is 0 Å². The summed E-state index contributed by atoms with van der Waals surface area (Å²) in [6.45, 7) is 10.0. The predicted octanol–water partition coefficient (Wildman–Crippen LogP) is 5.16. The van der Waals surface area contributed by atoms with Gasteiger partial charge in [-0.15, -0.1) is 16.4 Å². The van der Waals surface area contributed by atoms with Crippen LogP contribution in [0.3, 0.4) is 0 Å². The Hall–Kier alpha value is -2.58. The summed E-state index contributed by atoms with van der Waals surface area (Å²) in [5.74, 6) is 0. The third kappa shape index (κ3) is 3.24. The van der Waals surface area contributed by atoms with Crippen LogP contribution in [0.2, 0.25) is 0 Å². The number of aryl methyl sites for hydroxylation is 3. The molecule has 0 N–H and O–H groups in total. The first-order valence-corrected chi connectivity index (χ1v) is 11.2. The van der Waals surface area contributed by atoms with Crippen LogP contribution in [-0.4, -0.2) is 31.3 Å². The lowest BCUT2D eigenvalue weighted by Gasteiger charge is -2.61. The highest BCUT2D eigenvalue weighted by Gasteiger charge is 2.50. The molecule has 1 heterocycles. The topological polar surface area (TPSA) is 0 Å². The second-order valence-corrected chi connectivity index (χ2v) is 9.95. The zero-order chi connectivity index (χ0) is 21.5. The van der Waals surface area contributed by atoms with Gasteiger partial charge in [-0.25, -0.2) is 0 Å². The maximum absolute atomic E-state index is 2.43. The fourth-order valence-electron chi connectivity index (χ4n) is 5.73. The van der Waals surface area contributed by atoms with Crippen LogP contribution >= 0.6 is 0 Å². The number of quaternary nitrogens is 1. The smallest absolute Gasteiger partial charge is 0.291 e. The molecule has 0 amide bonds. The molecule has 1 nitrogen and oxygen atoms in total. The minimum Gasteiger partial charge on any atom is -0.509 e. The first-order chi connectivity index (χ1) is 14.3. The van der Waals surface area contributed by atoms with Gasteiger partial charge in [0.25, 0.3) is 6.28 Å². The molecule has 3 aromatic rings. The van der Waals surface area contributed by atoms with Gasteiger partial charge in [0.15, 0.2) is 0 Å². The van der Waals surface area contributed by atoms with Gasteiger partial charge in [-0.2, -0.15) is 0 Å². The molecular formula is C28H34BN. The SMILES string of the molecule is CC1=C(c2ccc(C)cc2)[B-](c2ccc(C)cc2)(c2ccc(C)cc2)[N+](C)(C)CC1. The van der Waals surface area contributed by atoms with Gasteiger partial charge in [0.1, 0.15) is 0 Å². The van der Waals surface area contributed by atoms with Crippen LogP contribution < -0.4 is 10.9 Å². The molecule has 0 bridgehead atoms. The highest BCUT2D eigenvalue weighted by atomic mass is 15.3. The molecule has 0 spiro atoms. The van der Waals surface area contributed by atoms with E-state index < -0.39 is 6.28 Å². The summed E-state index contributed by atoms with van der Waals surface area (Å²) in [4.78, 5) is 0. The quantitative estimate of drug-likeness (QED) is 0.537. The molecule has 0 fully saturated rings. The van der Waals surface area contributed by atoms with Gasteiger partial charge in [0.2, 0.25) is 0 Å². The molecule has 0 aromatic heterocycles. The van der Waals surface area contributed by atoms with Crippen LogP contribution in [0.15, 0.2) is 78.4 Å². The molecule has 2 heteroatoms. The van der Waals surface area contributed by atoms with Crippen molar-refractivity contribution in [2.45, 2.75) is 34.1 Å². The number of benzene rings is 3. The Kier molecular flexibility index (Phi) is 5.24. The molecule has 1 aliphatic heterocycles. The minimum atomic E-state index is -1.19. The fourth-order valence-corrected chi connectivity index (χ4v) is 5.73. The molecule has 0 aliphatic carbocycles. The van der Waals surface area contributed by atoms with E-state index in [0.29, 0.717) is 0 Å². The maximum Gasteiger partial charge on any atom is 0.291 e. The molecule has 0 saturated heterocycles. The zero-order valence-corrected chi connectivity index (χ0v) is 19.4. The second-order valence-electron chi connectivity index (χ2n) is 9.95. The third-order valence-corrected chi connectivity index (χ3v) is 7.47. The summed E-state index contributed by atoms with van der Waals surface area (Å²) >= 11 is 0. The Morgan fingerprint density at radius 2 is 1.00 bits per heavy atom. The summed E-state index contributed by atoms with van der Waals surface area (Å²) in [5.41, 5.74) is 11.2. The van der Waals surface area contributed by atoms with Crippen molar-refractivity contribution in [2.24, 2.45) is 0 Å². The lowest BCUT2D eigenvalue weighted by atomic mass is 9.19. The van der Waals surface area contributed by atoms with E-state index in [1.807, 2.05) is 0 Å². The lowest BCUT2D eigenvalue weighted by Crippen LogP contribution is -2.79. The van der Waals surface area contributed by atoms with E-state index in [-0.39, 0.29) is 0 Å². The molecule has 0 atom stereocenters. The third-order valence-electron chi connectivity index (χ3n) is 7.47. The molecular weight excluding hydrogens is 361 g/mol. The lowest BCUT2D eigenvalue weighted by molar-refractivity contribution is -0.787. The Bertz CT molecular complexity index is 1030. The van der Waals surface area contributed by atoms with Crippen molar-refractivity contribution in [1.82, 2.24) is 0 Å². The average Bonchev–Trinajstić information content (AvgIpc) is 2.72. The van der Waals surface area contributed by atoms with E-state index >= 15 is 0 Å². The molecule has 0 saturated carbocycles. The number of nitrogens with zero attached hydrogens (tertiary/aromatic N) is 1. The van der Waals surface area contributed by atoms with E-state index in [1.165, 1.54) is 44.2 Å². The predicted molar refractivity (Wildman–Crippen MR) is 133 cm³/mol. The Labute approximate surface area is 182 Å². The standard InChI is InChI=1S/C28H34BN/c1-21-7-13-25(14-8-21)28-24(4)19-20-30(5,6)29(28,26-15-9-22(2)10-16-26)27-17-11-23(3)12-18-27/h7-18H,19-20H2,1-6H3. The summed E-state index contributed by atoms with van der Waals surface area (Å²) in [6, 6.07) is 27.8. The molecule has 154 valence electrons. The molecule has 1 aliphatic rings. The molecule has 4 rings (SSSR count). The first kappa shape index (κ1) is 20.7. The first-order valence-electron chi connectivity index (χ1n) is 11.2. The summed E-state index contributed by atoms with van der Waals surface area (Å²) in [6.07, 6.45) is -0.0556. The fraction of sp³-hybridized carbons (Fsp3) is 0.286. The van der Waals surface area contributed by atoms with Crippen molar-refractivity contribution in [1.29, 1.82) is 0 Å². The van der Waals surface area contributed by atoms with E-state index in [2.05, 4.69) is 115 Å². The Balaban J connectivity index is 2.12. The molecule has 0 radical (unpaired) electrons. The van der Waals surface area contributed by atoms with Gasteiger partial charge in [-0.3, -0.25) is 0 Å². The van der Waals surface area contributed by atoms with E-state index in [0.717, 1.165) is 17.4 Å². The van der Waals surface area contributed by atoms with Crippen molar-refractivity contribution < 1.29 is 4.39 Å². The van der Waals surface area contributed by atoms with Crippen LogP contribution in [0.25, 0.3) is 5.47 Å². The molecule has 0 unspecified atom stereocenters. The summed E-state index contributed by atoms with van der Waals surface area (Å²) in [7, 11) is 4.86. The van der Waals surface area contributed by atoms with Crippen LogP contribution in [-0.2, 0) is 0 Å². The number of hydrogen-bond donors (Lipinski definition) is 0. The van der Waals surface area contributed by atoms with Gasteiger partial charge < -0.3 is 4.39 Å². The molecule has 3 aromatic carbocycles. The molecule has 30 heavy (non-hydrogen) atoms. The van der Waals surface area contributed by atoms with E-state index in [9.17, 15) is 0 Å². The summed E-state index contributed by atoms with van der Waals surface area (Å²) in [5, 5.41) is 0. The highest BCUT2D eigenvalue weighted by Crippen LogP contribution is 2.39. The number of rotatable bonds is 3. The van der Waals surface area contributed by atoms with Gasteiger partial charge in [0, 0.05) is 27.1 Å². The van der Waals surface area contributed by atoms with Gasteiger partial charge in [-0.05, 0) is 27.7 Å². The largest absolute Gasteiger partial charge is 0.509 e. The van der Waals surface area contributed by atoms with Crippen LogP contribution in [0, 0.1) is 20.8 Å². The van der Waals surface area contributed by atoms with Gasteiger partial charge >= 0.3 is 0 Å². The van der Waals surface area contributed by atoms with Crippen molar-refractivity contribution in [2.75, 3.05) is 20.6 Å².